The molecule has 0 unspecified atom stereocenters. The summed E-state index contributed by atoms with van der Waals surface area (Å²) >= 11 is 0. The van der Waals surface area contributed by atoms with Gasteiger partial charge in [0.15, 0.2) is 5.82 Å². The fraction of sp³-hybridized carbons (Fsp3) is 0.250. The number of hydrogen-bond acceptors (Lipinski definition) is 7. The second-order valence-corrected chi connectivity index (χ2v) is 6.20. The molecule has 27 heavy (non-hydrogen) atoms. The Morgan fingerprint density at radius 1 is 1.22 bits per heavy atom. The van der Waals surface area contributed by atoms with E-state index in [1.165, 1.54) is 0 Å². The van der Waals surface area contributed by atoms with Crippen molar-refractivity contribution in [1.82, 2.24) is 15.1 Å². The van der Waals surface area contributed by atoms with Crippen LogP contribution in [0.5, 0.6) is 5.75 Å². The molecule has 3 N–H and O–H groups in total. The molecule has 0 amide bonds. The third-order valence-electron chi connectivity index (χ3n) is 4.61. The maximum atomic E-state index is 10.1. The normalized spacial score (nSPS) is 15.4. The summed E-state index contributed by atoms with van der Waals surface area (Å²) in [4.78, 5) is 8.28. The molecule has 0 bridgehead atoms. The molecule has 0 saturated carbocycles. The van der Waals surface area contributed by atoms with Crippen LogP contribution in [0.25, 0.3) is 11.3 Å². The van der Waals surface area contributed by atoms with Crippen molar-refractivity contribution in [1.29, 1.82) is 0 Å². The predicted octanol–water partition coefficient (Wildman–Crippen LogP) is 2.67. The van der Waals surface area contributed by atoms with Gasteiger partial charge in [-0.05, 0) is 37.9 Å². The fourth-order valence-electron chi connectivity index (χ4n) is 3.19. The first kappa shape index (κ1) is 18.4. The zero-order valence-electron chi connectivity index (χ0n) is 15.4. The number of nitrogen functional groups attached to an aromatic ring is 1. The lowest BCUT2D eigenvalue weighted by molar-refractivity contribution is 0.330. The van der Waals surface area contributed by atoms with Gasteiger partial charge in [-0.2, -0.15) is 0 Å². The zero-order chi connectivity index (χ0) is 19.2. The first-order valence-electron chi connectivity index (χ1n) is 8.84. The fourth-order valence-corrected chi connectivity index (χ4v) is 3.19. The molecule has 1 fully saturated rings. The Labute approximate surface area is 159 Å². The molecule has 0 spiro atoms. The lowest BCUT2D eigenvalue weighted by Crippen LogP contribution is -2.46. The summed E-state index contributed by atoms with van der Waals surface area (Å²) < 4.78 is 0. The van der Waals surface area contributed by atoms with Gasteiger partial charge in [0.2, 0.25) is 0 Å². The second-order valence-electron chi connectivity index (χ2n) is 6.20. The number of rotatable bonds is 5. The van der Waals surface area contributed by atoms with E-state index in [1.54, 1.807) is 18.3 Å². The van der Waals surface area contributed by atoms with Crippen molar-refractivity contribution in [3.05, 3.63) is 54.4 Å². The van der Waals surface area contributed by atoms with Gasteiger partial charge in [-0.15, -0.1) is 10.2 Å². The minimum atomic E-state index is 0.174. The predicted molar refractivity (Wildman–Crippen MR) is 110 cm³/mol. The van der Waals surface area contributed by atoms with Crippen LogP contribution in [0.3, 0.4) is 0 Å². The van der Waals surface area contributed by atoms with Crippen molar-refractivity contribution < 1.29 is 5.11 Å². The van der Waals surface area contributed by atoms with Gasteiger partial charge in [-0.3, -0.25) is 4.99 Å². The van der Waals surface area contributed by atoms with Gasteiger partial charge in [-0.25, -0.2) is 0 Å². The van der Waals surface area contributed by atoms with E-state index in [2.05, 4.69) is 37.8 Å². The van der Waals surface area contributed by atoms with Crippen molar-refractivity contribution in [3.8, 4) is 17.0 Å². The summed E-state index contributed by atoms with van der Waals surface area (Å²) in [5, 5.41) is 18.3. The molecule has 0 aliphatic carbocycles. The number of phenols is 1. The maximum Gasteiger partial charge on any atom is 0.169 e. The van der Waals surface area contributed by atoms with Gasteiger partial charge in [0, 0.05) is 43.6 Å². The highest BCUT2D eigenvalue weighted by Gasteiger charge is 2.21. The Morgan fingerprint density at radius 2 is 1.96 bits per heavy atom. The number of aromatic nitrogens is 2. The summed E-state index contributed by atoms with van der Waals surface area (Å²) in [7, 11) is 0. The van der Waals surface area contributed by atoms with Gasteiger partial charge in [0.25, 0.3) is 0 Å². The van der Waals surface area contributed by atoms with Crippen LogP contribution in [-0.4, -0.2) is 53.1 Å². The number of nitrogens with two attached hydrogens (primary N) is 1. The maximum absolute atomic E-state index is 10.1. The molecule has 7 nitrogen and oxygen atoms in total. The number of hydrogen-bond donors (Lipinski definition) is 2. The topological polar surface area (TPSA) is 90.9 Å². The number of aliphatic imine (C=N–C) groups is 1. The lowest BCUT2D eigenvalue weighted by Gasteiger charge is -2.38. The quantitative estimate of drug-likeness (QED) is 0.626. The van der Waals surface area contributed by atoms with Gasteiger partial charge in [0.1, 0.15) is 5.75 Å². The Bertz CT molecular complexity index is 869. The molecule has 1 aromatic heterocycles. The SMILES string of the molecule is C=N/C=C\C(=C/C)N1CCN(c2cc(-c3ccccc3O)nnc2N)CC1. The molecule has 7 heteroatoms. The molecule has 2 aromatic rings. The smallest absolute Gasteiger partial charge is 0.169 e. The average molecular weight is 364 g/mol. The molecule has 1 aliphatic rings. The summed E-state index contributed by atoms with van der Waals surface area (Å²) in [6.45, 7) is 8.82. The molecule has 1 aliphatic heterocycles. The molecule has 1 saturated heterocycles. The van der Waals surface area contributed by atoms with E-state index in [-0.39, 0.29) is 5.75 Å². The summed E-state index contributed by atoms with van der Waals surface area (Å²) in [6, 6.07) is 8.98. The number of benzene rings is 1. The van der Waals surface area contributed by atoms with Gasteiger partial charge in [-0.1, -0.05) is 18.2 Å². The summed E-state index contributed by atoms with van der Waals surface area (Å²) in [5.41, 5.74) is 9.30. The van der Waals surface area contributed by atoms with Crippen LogP contribution in [0.2, 0.25) is 0 Å². The van der Waals surface area contributed by atoms with Crippen molar-refractivity contribution in [2.45, 2.75) is 6.92 Å². The number of anilines is 2. The first-order valence-corrected chi connectivity index (χ1v) is 8.84. The summed E-state index contributed by atoms with van der Waals surface area (Å²) in [6.07, 6.45) is 5.72. The average Bonchev–Trinajstić information content (AvgIpc) is 2.70. The van der Waals surface area contributed by atoms with Crippen molar-refractivity contribution >= 4 is 18.2 Å². The summed E-state index contributed by atoms with van der Waals surface area (Å²) in [5.74, 6) is 0.567. The van der Waals surface area contributed by atoms with Crippen molar-refractivity contribution in [2.24, 2.45) is 4.99 Å². The van der Waals surface area contributed by atoms with E-state index in [1.807, 2.05) is 31.2 Å². The zero-order valence-corrected chi connectivity index (χ0v) is 15.4. The third-order valence-corrected chi connectivity index (χ3v) is 4.61. The standard InChI is InChI=1S/C20H24N6O/c1-3-15(8-9-22-2)25-10-12-26(13-11-25)18-14-17(23-24-20(18)21)16-6-4-5-7-19(16)27/h3-9,14,27H,2,10-13H2,1H3,(H2,21,24)/b9-8-,15-3+. The van der Waals surface area contributed by atoms with Crippen molar-refractivity contribution in [3.63, 3.8) is 0 Å². The number of nitrogens with zero attached hydrogens (tertiary/aromatic N) is 5. The Balaban J connectivity index is 1.78. The molecular formula is C20H24N6O. The molecule has 0 atom stereocenters. The first-order chi connectivity index (χ1) is 13.1. The number of para-hydroxylation sites is 1. The highest BCUT2D eigenvalue weighted by atomic mass is 16.3. The van der Waals surface area contributed by atoms with Crippen LogP contribution in [0.15, 0.2) is 59.4 Å². The van der Waals surface area contributed by atoms with Crippen molar-refractivity contribution in [2.75, 3.05) is 36.8 Å². The number of piperazine rings is 1. The van der Waals surface area contributed by atoms with Gasteiger partial charge >= 0.3 is 0 Å². The van der Waals surface area contributed by atoms with Crippen LogP contribution in [0.1, 0.15) is 6.92 Å². The van der Waals surface area contributed by atoms with Crippen LogP contribution >= 0.6 is 0 Å². The number of aromatic hydroxyl groups is 1. The van der Waals surface area contributed by atoms with E-state index in [0.717, 1.165) is 37.6 Å². The van der Waals surface area contributed by atoms with Gasteiger partial charge in [0.05, 0.1) is 11.4 Å². The number of allylic oxidation sites excluding steroid dienone is 2. The van der Waals surface area contributed by atoms with Crippen LogP contribution < -0.4 is 10.6 Å². The second kappa shape index (κ2) is 8.35. The molecule has 1 aromatic carbocycles. The molecule has 3 rings (SSSR count). The molecule has 140 valence electrons. The van der Waals surface area contributed by atoms with Crippen LogP contribution in [-0.2, 0) is 0 Å². The minimum absolute atomic E-state index is 0.174. The monoisotopic (exact) mass is 364 g/mol. The van der Waals surface area contributed by atoms with Crippen LogP contribution in [0, 0.1) is 0 Å². The van der Waals surface area contributed by atoms with E-state index in [0.29, 0.717) is 17.1 Å². The lowest BCUT2D eigenvalue weighted by atomic mass is 10.1. The van der Waals surface area contributed by atoms with Crippen LogP contribution in [0.4, 0.5) is 11.5 Å². The molecule has 2 heterocycles. The van der Waals surface area contributed by atoms with E-state index < -0.39 is 0 Å². The molecule has 0 radical (unpaired) electrons. The highest BCUT2D eigenvalue weighted by Crippen LogP contribution is 2.31. The number of phenolic OH excluding ortho intramolecular Hbond substituents is 1. The van der Waals surface area contributed by atoms with E-state index in [9.17, 15) is 5.11 Å². The van der Waals surface area contributed by atoms with Gasteiger partial charge < -0.3 is 20.6 Å². The van der Waals surface area contributed by atoms with E-state index >= 15 is 0 Å². The molecular weight excluding hydrogens is 340 g/mol. The Morgan fingerprint density at radius 3 is 2.63 bits per heavy atom. The largest absolute Gasteiger partial charge is 0.507 e. The minimum Gasteiger partial charge on any atom is -0.507 e. The highest BCUT2D eigenvalue weighted by molar-refractivity contribution is 5.74. The third kappa shape index (κ3) is 4.08. The Hall–Kier alpha value is -3.35. The Kier molecular flexibility index (Phi) is 5.71. The van der Waals surface area contributed by atoms with E-state index in [4.69, 9.17) is 5.73 Å².